The summed E-state index contributed by atoms with van der Waals surface area (Å²) in [7, 11) is 0. The third-order valence-electron chi connectivity index (χ3n) is 1.45. The molecule has 2 aromatic rings. The van der Waals surface area contributed by atoms with Gasteiger partial charge < -0.3 is 10.7 Å². The van der Waals surface area contributed by atoms with Crippen LogP contribution >= 0.6 is 23.4 Å². The van der Waals surface area contributed by atoms with Gasteiger partial charge in [-0.2, -0.15) is 0 Å². The third kappa shape index (κ3) is 1.80. The molecule has 0 spiro atoms. The van der Waals surface area contributed by atoms with Crippen molar-refractivity contribution >= 4 is 29.2 Å². The Labute approximate surface area is 89.1 Å². The molecule has 0 aliphatic rings. The summed E-state index contributed by atoms with van der Waals surface area (Å²) in [4.78, 5) is 14.7. The summed E-state index contributed by atoms with van der Waals surface area (Å²) in [5.74, 6) is 0.274. The van der Waals surface area contributed by atoms with Crippen molar-refractivity contribution in [3.05, 3.63) is 23.7 Å². The molecular weight excluding hydrogens is 222 g/mol. The molecule has 0 aliphatic carbocycles. The lowest BCUT2D eigenvalue weighted by atomic mass is 10.6. The molecule has 72 valence electrons. The molecule has 14 heavy (non-hydrogen) atoms. The number of aromatic amines is 1. The lowest BCUT2D eigenvalue weighted by Gasteiger charge is -2.01. The summed E-state index contributed by atoms with van der Waals surface area (Å²) in [6.07, 6.45) is 4.74. The maximum absolute atomic E-state index is 5.90. The Morgan fingerprint density at radius 2 is 2.21 bits per heavy atom. The molecule has 0 saturated heterocycles. The van der Waals surface area contributed by atoms with Gasteiger partial charge in [0.05, 0.1) is 0 Å². The Hall–Kier alpha value is -1.27. The van der Waals surface area contributed by atoms with Gasteiger partial charge in [-0.1, -0.05) is 11.6 Å². The molecule has 7 heteroatoms. The van der Waals surface area contributed by atoms with Crippen molar-refractivity contribution in [1.29, 1.82) is 0 Å². The van der Waals surface area contributed by atoms with Crippen molar-refractivity contribution in [2.45, 2.75) is 10.2 Å². The number of hydrogen-bond donors (Lipinski definition) is 2. The predicted octanol–water partition coefficient (Wildman–Crippen LogP) is 1.59. The summed E-state index contributed by atoms with van der Waals surface area (Å²) in [5.41, 5.74) is 5.52. The second kappa shape index (κ2) is 3.85. The molecule has 2 heterocycles. The van der Waals surface area contributed by atoms with Crippen molar-refractivity contribution in [2.75, 3.05) is 5.73 Å². The first-order valence-corrected chi connectivity index (χ1v) is 4.90. The number of anilines is 1. The van der Waals surface area contributed by atoms with Gasteiger partial charge in [0.2, 0.25) is 0 Å². The molecule has 2 aromatic heterocycles. The number of imidazole rings is 1. The molecule has 0 fully saturated rings. The van der Waals surface area contributed by atoms with Crippen molar-refractivity contribution in [3.8, 4) is 0 Å². The van der Waals surface area contributed by atoms with Gasteiger partial charge in [0.1, 0.15) is 22.2 Å². The largest absolute Gasteiger partial charge is 0.382 e. The molecule has 0 radical (unpaired) electrons. The maximum atomic E-state index is 5.90. The zero-order chi connectivity index (χ0) is 9.97. The average Bonchev–Trinajstić information content (AvgIpc) is 2.66. The van der Waals surface area contributed by atoms with Crippen LogP contribution in [-0.4, -0.2) is 19.9 Å². The van der Waals surface area contributed by atoms with E-state index in [-0.39, 0.29) is 5.82 Å². The SMILES string of the molecule is Nc1ncnc(Sc2ncc[nH]2)c1Cl. The quantitative estimate of drug-likeness (QED) is 0.762. The Morgan fingerprint density at radius 3 is 2.93 bits per heavy atom. The maximum Gasteiger partial charge on any atom is 0.171 e. The van der Waals surface area contributed by atoms with Gasteiger partial charge in [-0.25, -0.2) is 15.0 Å². The van der Waals surface area contributed by atoms with Gasteiger partial charge in [-0.3, -0.25) is 0 Å². The zero-order valence-electron chi connectivity index (χ0n) is 6.94. The van der Waals surface area contributed by atoms with Crippen LogP contribution in [0.4, 0.5) is 5.82 Å². The highest BCUT2D eigenvalue weighted by Crippen LogP contribution is 2.31. The number of H-pyrrole nitrogens is 1. The van der Waals surface area contributed by atoms with Gasteiger partial charge in [-0.15, -0.1) is 0 Å². The van der Waals surface area contributed by atoms with Crippen LogP contribution < -0.4 is 5.73 Å². The molecular formula is C7H6ClN5S. The van der Waals surface area contributed by atoms with E-state index in [1.807, 2.05) is 0 Å². The fourth-order valence-corrected chi connectivity index (χ4v) is 1.77. The fourth-order valence-electron chi connectivity index (χ4n) is 0.836. The monoisotopic (exact) mass is 227 g/mol. The van der Waals surface area contributed by atoms with Crippen molar-refractivity contribution in [3.63, 3.8) is 0 Å². The molecule has 0 atom stereocenters. The number of nitrogens with zero attached hydrogens (tertiary/aromatic N) is 3. The molecule has 5 nitrogen and oxygen atoms in total. The van der Waals surface area contributed by atoms with E-state index in [0.717, 1.165) is 0 Å². The summed E-state index contributed by atoms with van der Waals surface area (Å²) >= 11 is 7.20. The van der Waals surface area contributed by atoms with Crippen molar-refractivity contribution in [2.24, 2.45) is 0 Å². The summed E-state index contributed by atoms with van der Waals surface area (Å²) in [5, 5.41) is 1.66. The highest BCUT2D eigenvalue weighted by molar-refractivity contribution is 7.99. The Bertz CT molecular complexity index is 430. The minimum absolute atomic E-state index is 0.274. The Balaban J connectivity index is 2.29. The van der Waals surface area contributed by atoms with Crippen LogP contribution in [0.5, 0.6) is 0 Å². The number of nitrogens with two attached hydrogens (primary N) is 1. The Morgan fingerprint density at radius 1 is 1.36 bits per heavy atom. The molecule has 0 unspecified atom stereocenters. The van der Waals surface area contributed by atoms with E-state index >= 15 is 0 Å². The number of nitrogen functional groups attached to an aromatic ring is 1. The molecule has 0 aliphatic heterocycles. The fraction of sp³-hybridized carbons (Fsp3) is 0. The minimum atomic E-state index is 0.274. The number of hydrogen-bond acceptors (Lipinski definition) is 5. The van der Waals surface area contributed by atoms with E-state index in [2.05, 4.69) is 19.9 Å². The van der Waals surface area contributed by atoms with Gasteiger partial charge in [0.25, 0.3) is 0 Å². The van der Waals surface area contributed by atoms with Crippen LogP contribution in [0.2, 0.25) is 5.02 Å². The molecule has 2 rings (SSSR count). The van der Waals surface area contributed by atoms with E-state index in [4.69, 9.17) is 17.3 Å². The predicted molar refractivity (Wildman–Crippen MR) is 54.2 cm³/mol. The van der Waals surface area contributed by atoms with E-state index < -0.39 is 0 Å². The van der Waals surface area contributed by atoms with E-state index in [0.29, 0.717) is 15.2 Å². The van der Waals surface area contributed by atoms with Crippen LogP contribution in [0.1, 0.15) is 0 Å². The number of aromatic nitrogens is 4. The number of halogens is 1. The summed E-state index contributed by atoms with van der Waals surface area (Å²) in [6, 6.07) is 0. The normalized spacial score (nSPS) is 10.4. The van der Waals surface area contributed by atoms with Crippen molar-refractivity contribution in [1.82, 2.24) is 19.9 Å². The number of rotatable bonds is 2. The van der Waals surface area contributed by atoms with Crippen LogP contribution in [0.15, 0.2) is 28.9 Å². The van der Waals surface area contributed by atoms with Gasteiger partial charge in [0.15, 0.2) is 5.16 Å². The summed E-state index contributed by atoms with van der Waals surface area (Å²) in [6.45, 7) is 0. The smallest absolute Gasteiger partial charge is 0.171 e. The topological polar surface area (TPSA) is 80.5 Å². The first-order chi connectivity index (χ1) is 6.77. The van der Waals surface area contributed by atoms with Crippen LogP contribution in [-0.2, 0) is 0 Å². The molecule has 0 saturated carbocycles. The van der Waals surface area contributed by atoms with Gasteiger partial charge in [-0.05, 0) is 11.8 Å². The standard InChI is InChI=1S/C7H6ClN5S/c8-4-5(9)12-3-13-6(4)14-7-10-1-2-11-7/h1-3H,(H,10,11)(H2,9,12,13). The minimum Gasteiger partial charge on any atom is -0.382 e. The second-order valence-electron chi connectivity index (χ2n) is 2.37. The molecule has 0 aromatic carbocycles. The zero-order valence-corrected chi connectivity index (χ0v) is 8.51. The van der Waals surface area contributed by atoms with E-state index in [1.54, 1.807) is 12.4 Å². The Kier molecular flexibility index (Phi) is 2.55. The number of nitrogens with one attached hydrogen (secondary N) is 1. The highest BCUT2D eigenvalue weighted by Gasteiger charge is 2.08. The second-order valence-corrected chi connectivity index (χ2v) is 3.73. The van der Waals surface area contributed by atoms with Crippen LogP contribution in [0.25, 0.3) is 0 Å². The van der Waals surface area contributed by atoms with Crippen LogP contribution in [0.3, 0.4) is 0 Å². The van der Waals surface area contributed by atoms with Crippen LogP contribution in [0, 0.1) is 0 Å². The van der Waals surface area contributed by atoms with Crippen molar-refractivity contribution < 1.29 is 0 Å². The average molecular weight is 228 g/mol. The lowest BCUT2D eigenvalue weighted by Crippen LogP contribution is -1.94. The molecule has 3 N–H and O–H groups in total. The lowest BCUT2D eigenvalue weighted by molar-refractivity contribution is 1.02. The first kappa shape index (κ1) is 9.29. The van der Waals surface area contributed by atoms with Gasteiger partial charge in [0, 0.05) is 12.4 Å². The highest BCUT2D eigenvalue weighted by atomic mass is 35.5. The summed E-state index contributed by atoms with van der Waals surface area (Å²) < 4.78 is 0. The molecule has 0 bridgehead atoms. The van der Waals surface area contributed by atoms with E-state index in [9.17, 15) is 0 Å². The van der Waals surface area contributed by atoms with Gasteiger partial charge >= 0.3 is 0 Å². The third-order valence-corrected chi connectivity index (χ3v) is 2.86. The van der Waals surface area contributed by atoms with E-state index in [1.165, 1.54) is 18.1 Å². The molecule has 0 amide bonds. The first-order valence-electron chi connectivity index (χ1n) is 3.70.